The van der Waals surface area contributed by atoms with Gasteiger partial charge in [0.1, 0.15) is 0 Å². The summed E-state index contributed by atoms with van der Waals surface area (Å²) in [4.78, 5) is 22.2. The van der Waals surface area contributed by atoms with Crippen LogP contribution < -0.4 is 0 Å². The van der Waals surface area contributed by atoms with Crippen LogP contribution in [0.1, 0.15) is 19.8 Å². The van der Waals surface area contributed by atoms with E-state index in [0.29, 0.717) is 6.42 Å². The van der Waals surface area contributed by atoms with Crippen molar-refractivity contribution in [3.05, 3.63) is 0 Å². The Kier molecular flexibility index (Phi) is 5.87. The van der Waals surface area contributed by atoms with Crippen LogP contribution in [0.4, 0.5) is 0 Å². The van der Waals surface area contributed by atoms with Gasteiger partial charge in [-0.25, -0.2) is 0 Å². The molecule has 0 bridgehead atoms. The first-order valence-electron chi connectivity index (χ1n) is 4.36. The van der Waals surface area contributed by atoms with Crippen molar-refractivity contribution in [1.29, 1.82) is 0 Å². The highest BCUT2D eigenvalue weighted by Crippen LogP contribution is 2.12. The molecular weight excluding hydrogens is 188 g/mol. The molecule has 0 amide bonds. The third-order valence-electron chi connectivity index (χ3n) is 1.84. The van der Waals surface area contributed by atoms with Gasteiger partial charge in [-0.3, -0.25) is 9.59 Å². The highest BCUT2D eigenvalue weighted by molar-refractivity contribution is 5.94. The summed E-state index contributed by atoms with van der Waals surface area (Å²) in [6.07, 6.45) is 0.0399. The molecule has 1 N–H and O–H groups in total. The van der Waals surface area contributed by atoms with Gasteiger partial charge in [-0.2, -0.15) is 0 Å². The molecule has 82 valence electrons. The van der Waals surface area contributed by atoms with Crippen LogP contribution in [-0.2, 0) is 19.1 Å². The minimum absolute atomic E-state index is 0.233. The smallest absolute Gasteiger partial charge is 0.320 e. The van der Waals surface area contributed by atoms with Crippen molar-refractivity contribution in [3.63, 3.8) is 0 Å². The molecule has 0 saturated carbocycles. The zero-order chi connectivity index (χ0) is 11.1. The van der Waals surface area contributed by atoms with Gasteiger partial charge < -0.3 is 14.6 Å². The van der Waals surface area contributed by atoms with Gasteiger partial charge in [0.25, 0.3) is 0 Å². The molecule has 1 unspecified atom stereocenters. The van der Waals surface area contributed by atoms with Gasteiger partial charge in [-0.15, -0.1) is 0 Å². The van der Waals surface area contributed by atoms with Gasteiger partial charge in [-0.05, 0) is 19.8 Å². The van der Waals surface area contributed by atoms with E-state index in [1.54, 1.807) is 6.92 Å². The van der Waals surface area contributed by atoms with Gasteiger partial charge in [0.15, 0.2) is 5.92 Å². The zero-order valence-corrected chi connectivity index (χ0v) is 8.65. The Morgan fingerprint density at radius 1 is 1.14 bits per heavy atom. The number of ether oxygens (including phenoxy) is 2. The summed E-state index contributed by atoms with van der Waals surface area (Å²) in [5.74, 6) is -2.19. The van der Waals surface area contributed by atoms with Crippen molar-refractivity contribution in [1.82, 2.24) is 0 Å². The van der Waals surface area contributed by atoms with Crippen LogP contribution >= 0.6 is 0 Å². The quantitative estimate of drug-likeness (QED) is 0.508. The second kappa shape index (κ2) is 6.37. The lowest BCUT2D eigenvalue weighted by molar-refractivity contribution is -0.159. The first-order chi connectivity index (χ1) is 6.52. The number of aliphatic hydroxyl groups is 1. The molecule has 0 radical (unpaired) electrons. The number of carbonyl (C=O) groups is 2. The van der Waals surface area contributed by atoms with Crippen LogP contribution in [0, 0.1) is 5.92 Å². The number of rotatable bonds is 5. The number of carbonyl (C=O) groups excluding carboxylic acids is 2. The molecule has 0 spiro atoms. The summed E-state index contributed by atoms with van der Waals surface area (Å²) in [5.41, 5.74) is 0. The predicted octanol–water partition coefficient (Wildman–Crippen LogP) is 0.110. The number of hydrogen-bond acceptors (Lipinski definition) is 5. The Balaban J connectivity index is 4.25. The van der Waals surface area contributed by atoms with Crippen LogP contribution in [-0.4, -0.2) is 37.4 Å². The van der Waals surface area contributed by atoms with Crippen molar-refractivity contribution in [2.75, 3.05) is 14.2 Å². The van der Waals surface area contributed by atoms with Crippen molar-refractivity contribution in [2.24, 2.45) is 5.92 Å². The highest BCUT2D eigenvalue weighted by Gasteiger charge is 2.28. The van der Waals surface area contributed by atoms with Gasteiger partial charge in [-0.1, -0.05) is 0 Å². The molecule has 5 heteroatoms. The Labute approximate surface area is 83.0 Å². The molecule has 0 fully saturated rings. The summed E-state index contributed by atoms with van der Waals surface area (Å²) in [7, 11) is 2.42. The maximum atomic E-state index is 11.1. The number of hydrogen-bond donors (Lipinski definition) is 1. The lowest BCUT2D eigenvalue weighted by Gasteiger charge is -2.12. The topological polar surface area (TPSA) is 72.8 Å². The molecule has 0 aromatic carbocycles. The molecule has 5 nitrogen and oxygen atoms in total. The number of esters is 2. The van der Waals surface area contributed by atoms with E-state index in [1.807, 2.05) is 0 Å². The van der Waals surface area contributed by atoms with E-state index in [9.17, 15) is 9.59 Å². The van der Waals surface area contributed by atoms with Crippen molar-refractivity contribution >= 4 is 11.9 Å². The average Bonchev–Trinajstić information content (AvgIpc) is 2.16. The maximum Gasteiger partial charge on any atom is 0.320 e. The Morgan fingerprint density at radius 2 is 1.57 bits per heavy atom. The summed E-state index contributed by atoms with van der Waals surface area (Å²) < 4.78 is 8.89. The molecular formula is C9H16O5. The minimum atomic E-state index is -0.931. The fraction of sp³-hybridized carbons (Fsp3) is 0.778. The molecule has 0 aliphatic carbocycles. The van der Waals surface area contributed by atoms with E-state index in [0.717, 1.165) is 0 Å². The van der Waals surface area contributed by atoms with Gasteiger partial charge in [0.2, 0.25) is 0 Å². The Bertz CT molecular complexity index is 183. The van der Waals surface area contributed by atoms with E-state index < -0.39 is 24.0 Å². The lowest BCUT2D eigenvalue weighted by Crippen LogP contribution is -2.27. The fourth-order valence-electron chi connectivity index (χ4n) is 1.02. The van der Waals surface area contributed by atoms with Crippen LogP contribution in [0.2, 0.25) is 0 Å². The predicted molar refractivity (Wildman–Crippen MR) is 48.4 cm³/mol. The van der Waals surface area contributed by atoms with Crippen LogP contribution in [0.3, 0.4) is 0 Å². The molecule has 0 saturated heterocycles. The lowest BCUT2D eigenvalue weighted by atomic mass is 10.0. The van der Waals surface area contributed by atoms with E-state index in [4.69, 9.17) is 5.11 Å². The molecule has 0 heterocycles. The fourth-order valence-corrected chi connectivity index (χ4v) is 1.02. The second-order valence-corrected chi connectivity index (χ2v) is 3.03. The molecule has 0 aliphatic heterocycles. The standard InChI is InChI=1S/C9H16O5/c1-6(10)4-5-7(8(11)13-2)9(12)14-3/h6-7,10H,4-5H2,1-3H3. The second-order valence-electron chi connectivity index (χ2n) is 3.03. The third-order valence-corrected chi connectivity index (χ3v) is 1.84. The van der Waals surface area contributed by atoms with E-state index in [1.165, 1.54) is 14.2 Å². The largest absolute Gasteiger partial charge is 0.468 e. The maximum absolute atomic E-state index is 11.1. The molecule has 1 atom stereocenters. The summed E-state index contributed by atoms with van der Waals surface area (Å²) >= 11 is 0. The monoisotopic (exact) mass is 204 g/mol. The van der Waals surface area contributed by atoms with E-state index >= 15 is 0 Å². The first-order valence-corrected chi connectivity index (χ1v) is 4.36. The minimum Gasteiger partial charge on any atom is -0.468 e. The first kappa shape index (κ1) is 12.9. The average molecular weight is 204 g/mol. The summed E-state index contributed by atoms with van der Waals surface area (Å²) in [6.45, 7) is 1.59. The molecule has 0 aliphatic rings. The zero-order valence-electron chi connectivity index (χ0n) is 8.65. The number of methoxy groups -OCH3 is 2. The molecule has 14 heavy (non-hydrogen) atoms. The van der Waals surface area contributed by atoms with Gasteiger partial charge in [0.05, 0.1) is 20.3 Å². The summed E-state index contributed by atoms with van der Waals surface area (Å²) in [6, 6.07) is 0. The molecule has 0 rings (SSSR count). The van der Waals surface area contributed by atoms with Crippen LogP contribution in [0.25, 0.3) is 0 Å². The highest BCUT2D eigenvalue weighted by atomic mass is 16.5. The van der Waals surface area contributed by atoms with Crippen molar-refractivity contribution < 1.29 is 24.2 Å². The van der Waals surface area contributed by atoms with Gasteiger partial charge in [0, 0.05) is 0 Å². The SMILES string of the molecule is COC(=O)C(CCC(C)O)C(=O)OC. The molecule has 0 aromatic heterocycles. The van der Waals surface area contributed by atoms with E-state index in [2.05, 4.69) is 9.47 Å². The number of aliphatic hydroxyl groups excluding tert-OH is 1. The normalized spacial score (nSPS) is 12.4. The molecule has 0 aromatic rings. The summed E-state index contributed by atoms with van der Waals surface area (Å²) in [5, 5.41) is 9.01. The van der Waals surface area contributed by atoms with Crippen LogP contribution in [0.5, 0.6) is 0 Å². The van der Waals surface area contributed by atoms with Crippen LogP contribution in [0.15, 0.2) is 0 Å². The van der Waals surface area contributed by atoms with Gasteiger partial charge >= 0.3 is 11.9 Å². The van der Waals surface area contributed by atoms with Crippen molar-refractivity contribution in [3.8, 4) is 0 Å². The third kappa shape index (κ3) is 4.23. The Hall–Kier alpha value is -1.10. The Morgan fingerprint density at radius 3 is 1.86 bits per heavy atom. The van der Waals surface area contributed by atoms with Crippen molar-refractivity contribution in [2.45, 2.75) is 25.9 Å². The van der Waals surface area contributed by atoms with E-state index in [-0.39, 0.29) is 6.42 Å².